The second-order valence-corrected chi connectivity index (χ2v) is 7.11. The first kappa shape index (κ1) is 21.0. The number of carbonyl (C=O) groups excluding carboxylic acids is 2. The second kappa shape index (κ2) is 8.74. The van der Waals surface area contributed by atoms with E-state index in [4.69, 9.17) is 30.2 Å². The van der Waals surface area contributed by atoms with E-state index in [0.717, 1.165) is 10.4 Å². The lowest BCUT2D eigenvalue weighted by atomic mass is 10.1. The summed E-state index contributed by atoms with van der Waals surface area (Å²) in [6, 6.07) is 6.43. The van der Waals surface area contributed by atoms with E-state index in [1.807, 2.05) is 12.1 Å². The summed E-state index contributed by atoms with van der Waals surface area (Å²) in [4.78, 5) is 23.8. The van der Waals surface area contributed by atoms with Crippen molar-refractivity contribution in [3.05, 3.63) is 41.0 Å². The van der Waals surface area contributed by atoms with Crippen molar-refractivity contribution in [1.29, 1.82) is 0 Å². The smallest absolute Gasteiger partial charge is 0.321 e. The lowest BCUT2D eigenvalue weighted by Gasteiger charge is -2.07. The molecule has 0 aliphatic heterocycles. The van der Waals surface area contributed by atoms with Crippen LogP contribution in [0.3, 0.4) is 0 Å². The van der Waals surface area contributed by atoms with Crippen LogP contribution in [0.4, 0.5) is 9.80 Å². The van der Waals surface area contributed by atoms with E-state index in [2.05, 4.69) is 10.5 Å². The van der Waals surface area contributed by atoms with Crippen LogP contribution in [0.15, 0.2) is 28.8 Å². The summed E-state index contributed by atoms with van der Waals surface area (Å²) in [5.41, 5.74) is 12.9. The Labute approximate surface area is 175 Å². The molecule has 2 aromatic heterocycles. The maximum absolute atomic E-state index is 11.8. The summed E-state index contributed by atoms with van der Waals surface area (Å²) in [7, 11) is 2.93. The second-order valence-electron chi connectivity index (χ2n) is 6.09. The quantitative estimate of drug-likeness (QED) is 0.495. The number of hydrogen-bond acceptors (Lipinski definition) is 8. The Hall–Kier alpha value is -3.73. The predicted octanol–water partition coefficient (Wildman–Crippen LogP) is 2.90. The molecule has 0 aliphatic rings. The molecule has 0 saturated heterocycles. The molecule has 3 aromatic rings. The van der Waals surface area contributed by atoms with Crippen molar-refractivity contribution in [2.24, 2.45) is 11.5 Å². The average Bonchev–Trinajstić information content (AvgIpc) is 3.26. The molecule has 0 aliphatic carbocycles. The van der Waals surface area contributed by atoms with Gasteiger partial charge in [-0.05, 0) is 47.5 Å². The zero-order valence-corrected chi connectivity index (χ0v) is 17.3. The largest absolute Gasteiger partial charge is 0.488 e. The highest BCUT2D eigenvalue weighted by Gasteiger charge is 2.21. The Bertz CT molecular complexity index is 1050. The molecule has 158 valence electrons. The van der Waals surface area contributed by atoms with Crippen LogP contribution in [0.1, 0.15) is 21.5 Å². The fourth-order valence-electron chi connectivity index (χ4n) is 2.87. The summed E-state index contributed by atoms with van der Waals surface area (Å²) in [6.07, 6.45) is 0. The van der Waals surface area contributed by atoms with Crippen LogP contribution < -0.4 is 31.0 Å². The van der Waals surface area contributed by atoms with Gasteiger partial charge in [0.15, 0.2) is 0 Å². The van der Waals surface area contributed by atoms with Gasteiger partial charge in [0.05, 0.1) is 19.8 Å². The number of ether oxygens (including phenoxy) is 3. The van der Waals surface area contributed by atoms with E-state index in [0.29, 0.717) is 21.9 Å². The van der Waals surface area contributed by atoms with Gasteiger partial charge in [0, 0.05) is 4.88 Å². The number of benzene rings is 1. The Morgan fingerprint density at radius 3 is 2.43 bits per heavy atom. The van der Waals surface area contributed by atoms with E-state index in [1.54, 1.807) is 19.1 Å². The van der Waals surface area contributed by atoms with Gasteiger partial charge < -0.3 is 30.2 Å². The predicted molar refractivity (Wildman–Crippen MR) is 110 cm³/mol. The minimum atomic E-state index is -0.770. The Morgan fingerprint density at radius 1 is 1.17 bits per heavy atom. The zero-order chi connectivity index (χ0) is 21.8. The van der Waals surface area contributed by atoms with Gasteiger partial charge in [-0.1, -0.05) is 0 Å². The highest BCUT2D eigenvalue weighted by atomic mass is 32.1. The van der Waals surface area contributed by atoms with Crippen molar-refractivity contribution in [3.8, 4) is 28.0 Å². The third-order valence-corrected chi connectivity index (χ3v) is 5.48. The number of thiophene rings is 1. The Morgan fingerprint density at radius 2 is 1.87 bits per heavy atom. The van der Waals surface area contributed by atoms with E-state index in [-0.39, 0.29) is 24.0 Å². The van der Waals surface area contributed by atoms with E-state index >= 15 is 0 Å². The number of nitrogens with two attached hydrogens (primary N) is 2. The van der Waals surface area contributed by atoms with Crippen molar-refractivity contribution in [1.82, 2.24) is 5.16 Å². The summed E-state index contributed by atoms with van der Waals surface area (Å²) in [5.74, 6) is 0.441. The molecule has 0 unspecified atom stereocenters. The van der Waals surface area contributed by atoms with Gasteiger partial charge >= 0.3 is 12.0 Å². The maximum Gasteiger partial charge on any atom is 0.321 e. The van der Waals surface area contributed by atoms with Gasteiger partial charge in [0.25, 0.3) is 11.8 Å². The molecule has 3 rings (SSSR count). The van der Waals surface area contributed by atoms with Crippen molar-refractivity contribution in [3.63, 3.8) is 0 Å². The van der Waals surface area contributed by atoms with Gasteiger partial charge in [-0.25, -0.2) is 4.79 Å². The standard InChI is InChI=1S/C19H20N4O6S/c1-9-13(15(20)24)17(22-19(21)25)30-14(9)10-4-6-11(7-5-10)28-8-12-16(26-2)23-29-18(12)27-3/h4-7H,8H2,1-3H3,(H2,20,24)(H3,21,22,25). The number of aromatic nitrogens is 1. The monoisotopic (exact) mass is 432 g/mol. The van der Waals surface area contributed by atoms with Crippen LogP contribution in [0.5, 0.6) is 17.6 Å². The summed E-state index contributed by atoms with van der Waals surface area (Å²) >= 11 is 1.22. The van der Waals surface area contributed by atoms with Crippen molar-refractivity contribution < 1.29 is 28.3 Å². The number of nitrogens with zero attached hydrogens (tertiary/aromatic N) is 1. The fraction of sp³-hybridized carbons (Fsp3) is 0.211. The van der Waals surface area contributed by atoms with Gasteiger partial charge in [0.1, 0.15) is 22.9 Å². The van der Waals surface area contributed by atoms with Gasteiger partial charge in [-0.15, -0.1) is 11.3 Å². The number of anilines is 1. The maximum atomic E-state index is 11.8. The average molecular weight is 432 g/mol. The van der Waals surface area contributed by atoms with Gasteiger partial charge in [-0.3, -0.25) is 10.1 Å². The molecule has 30 heavy (non-hydrogen) atoms. The molecule has 3 amide bonds. The van der Waals surface area contributed by atoms with E-state index in [9.17, 15) is 9.59 Å². The molecule has 0 spiro atoms. The molecule has 0 bridgehead atoms. The summed E-state index contributed by atoms with van der Waals surface area (Å²) < 4.78 is 21.0. The number of carbonyl (C=O) groups is 2. The molecule has 0 atom stereocenters. The van der Waals surface area contributed by atoms with E-state index < -0.39 is 11.9 Å². The number of hydrogen-bond donors (Lipinski definition) is 3. The molecular formula is C19H20N4O6S. The van der Waals surface area contributed by atoms with Crippen LogP contribution in [-0.2, 0) is 6.61 Å². The van der Waals surface area contributed by atoms with Crippen molar-refractivity contribution in [2.75, 3.05) is 19.5 Å². The molecular weight excluding hydrogens is 412 g/mol. The number of nitrogens with one attached hydrogen (secondary N) is 1. The molecule has 0 radical (unpaired) electrons. The van der Waals surface area contributed by atoms with Crippen LogP contribution in [0.25, 0.3) is 10.4 Å². The SMILES string of the molecule is COc1noc(OC)c1COc1ccc(-c2sc(NC(N)=O)c(C(N)=O)c2C)cc1. The fourth-order valence-corrected chi connectivity index (χ4v) is 4.09. The normalized spacial score (nSPS) is 10.5. The van der Waals surface area contributed by atoms with Crippen LogP contribution in [-0.4, -0.2) is 31.3 Å². The zero-order valence-electron chi connectivity index (χ0n) is 16.5. The molecule has 0 saturated carbocycles. The van der Waals surface area contributed by atoms with Crippen LogP contribution in [0.2, 0.25) is 0 Å². The lowest BCUT2D eigenvalue weighted by Crippen LogP contribution is -2.21. The number of rotatable bonds is 8. The summed E-state index contributed by atoms with van der Waals surface area (Å²) in [6.45, 7) is 1.89. The minimum Gasteiger partial charge on any atom is -0.488 e. The van der Waals surface area contributed by atoms with Crippen LogP contribution >= 0.6 is 11.3 Å². The number of methoxy groups -OCH3 is 2. The highest BCUT2D eigenvalue weighted by molar-refractivity contribution is 7.20. The molecule has 11 heteroatoms. The lowest BCUT2D eigenvalue weighted by molar-refractivity contribution is 0.100. The van der Waals surface area contributed by atoms with Crippen LogP contribution in [0, 0.1) is 6.92 Å². The number of urea groups is 1. The molecule has 0 fully saturated rings. The van der Waals surface area contributed by atoms with Crippen molar-refractivity contribution in [2.45, 2.75) is 13.5 Å². The molecule has 10 nitrogen and oxygen atoms in total. The van der Waals surface area contributed by atoms with Crippen molar-refractivity contribution >= 4 is 28.3 Å². The Kier molecular flexibility index (Phi) is 6.11. The number of primary amides is 2. The first-order chi connectivity index (χ1) is 14.3. The summed E-state index contributed by atoms with van der Waals surface area (Å²) in [5, 5.41) is 6.51. The third kappa shape index (κ3) is 4.15. The first-order valence-electron chi connectivity index (χ1n) is 8.65. The molecule has 5 N–H and O–H groups in total. The minimum absolute atomic E-state index is 0.131. The number of amides is 3. The molecule has 1 aromatic carbocycles. The third-order valence-electron chi connectivity index (χ3n) is 4.22. The molecule has 2 heterocycles. The van der Waals surface area contributed by atoms with Gasteiger partial charge in [0.2, 0.25) is 0 Å². The topological polar surface area (TPSA) is 152 Å². The van der Waals surface area contributed by atoms with Gasteiger partial charge in [-0.2, -0.15) is 0 Å². The van der Waals surface area contributed by atoms with E-state index in [1.165, 1.54) is 25.6 Å². The highest BCUT2D eigenvalue weighted by Crippen LogP contribution is 2.40. The Balaban J connectivity index is 1.82. The first-order valence-corrected chi connectivity index (χ1v) is 9.46.